The number of hydrazone groups is 1. The largest absolute Gasteiger partial charge is 0.497 e. The molecule has 0 aliphatic rings. The fraction of sp³-hybridized carbons (Fsp3) is 0.261. The number of amides is 1. The molecule has 0 aliphatic heterocycles. The fourth-order valence-corrected chi connectivity index (χ4v) is 3.62. The summed E-state index contributed by atoms with van der Waals surface area (Å²) in [5.41, 5.74) is 7.19. The van der Waals surface area contributed by atoms with Gasteiger partial charge in [0.2, 0.25) is 11.0 Å². The van der Waals surface area contributed by atoms with Crippen LogP contribution in [0.5, 0.6) is 5.75 Å². The molecule has 1 amide bonds. The lowest BCUT2D eigenvalue weighted by Gasteiger charge is -2.12. The molecule has 0 aliphatic carbocycles. The summed E-state index contributed by atoms with van der Waals surface area (Å²) in [6.45, 7) is 3.57. The second-order valence-electron chi connectivity index (χ2n) is 7.02. The molecule has 0 spiro atoms. The number of hydrogen-bond donors (Lipinski definition) is 2. The molecule has 0 saturated carbocycles. The third kappa shape index (κ3) is 6.42. The molecule has 2 aromatic carbocycles. The topological polar surface area (TPSA) is 75.6 Å². The van der Waals surface area contributed by atoms with Crippen molar-refractivity contribution in [2.24, 2.45) is 5.10 Å². The Morgan fingerprint density at radius 2 is 1.93 bits per heavy atom. The Balaban J connectivity index is 1.53. The molecular weight excluding hydrogens is 396 g/mol. The van der Waals surface area contributed by atoms with Gasteiger partial charge in [-0.25, -0.2) is 4.98 Å². The molecule has 0 radical (unpaired) electrons. The summed E-state index contributed by atoms with van der Waals surface area (Å²) in [6, 6.07) is 16.2. The molecule has 30 heavy (non-hydrogen) atoms. The van der Waals surface area contributed by atoms with Crippen molar-refractivity contribution in [3.8, 4) is 17.0 Å². The predicted octanol–water partition coefficient (Wildman–Crippen LogP) is 4.72. The van der Waals surface area contributed by atoms with Crippen LogP contribution in [0.4, 0.5) is 5.13 Å². The van der Waals surface area contributed by atoms with E-state index in [9.17, 15) is 4.79 Å². The number of nitrogens with one attached hydrogen (secondary N) is 2. The summed E-state index contributed by atoms with van der Waals surface area (Å²) in [5.74, 6) is 0.831. The summed E-state index contributed by atoms with van der Waals surface area (Å²) in [4.78, 5) is 15.7. The number of ether oxygens (including phenoxy) is 1. The van der Waals surface area contributed by atoms with Crippen LogP contribution in [-0.4, -0.2) is 30.3 Å². The Bertz CT molecular complexity index is 981. The molecule has 1 heterocycles. The number of nitrogens with zero attached hydrogens (tertiary/aromatic N) is 2. The molecular formula is C23H26N4O2S. The number of benzene rings is 2. The number of aromatic nitrogens is 1. The van der Waals surface area contributed by atoms with Crippen molar-refractivity contribution in [2.45, 2.75) is 32.7 Å². The van der Waals surface area contributed by atoms with E-state index in [-0.39, 0.29) is 11.9 Å². The van der Waals surface area contributed by atoms with Crippen molar-refractivity contribution in [1.29, 1.82) is 0 Å². The van der Waals surface area contributed by atoms with Crippen LogP contribution in [0.3, 0.4) is 0 Å². The molecule has 0 fully saturated rings. The molecule has 0 unspecified atom stereocenters. The van der Waals surface area contributed by atoms with Gasteiger partial charge in [0.15, 0.2) is 0 Å². The average molecular weight is 423 g/mol. The van der Waals surface area contributed by atoms with Crippen LogP contribution < -0.4 is 15.5 Å². The average Bonchev–Trinajstić information content (AvgIpc) is 3.21. The molecule has 1 atom stereocenters. The van der Waals surface area contributed by atoms with Gasteiger partial charge in [0.05, 0.1) is 19.0 Å². The van der Waals surface area contributed by atoms with Gasteiger partial charge >= 0.3 is 0 Å². The SMILES string of the molecule is COc1ccc(/C=N\Nc2nc(-c3ccc(CC[C@H](C)NC(C)=O)cc3)cs2)cc1. The first-order valence-corrected chi connectivity index (χ1v) is 10.7. The van der Waals surface area contributed by atoms with Gasteiger partial charge in [-0.3, -0.25) is 10.2 Å². The Hall–Kier alpha value is -3.19. The normalized spacial score (nSPS) is 12.0. The van der Waals surface area contributed by atoms with Crippen molar-refractivity contribution in [3.63, 3.8) is 0 Å². The maximum absolute atomic E-state index is 11.1. The van der Waals surface area contributed by atoms with E-state index in [2.05, 4.69) is 45.1 Å². The van der Waals surface area contributed by atoms with E-state index in [1.165, 1.54) is 16.9 Å². The number of thiazole rings is 1. The Morgan fingerprint density at radius 3 is 2.60 bits per heavy atom. The van der Waals surface area contributed by atoms with Gasteiger partial charge in [-0.15, -0.1) is 11.3 Å². The van der Waals surface area contributed by atoms with E-state index in [4.69, 9.17) is 4.74 Å². The highest BCUT2D eigenvalue weighted by atomic mass is 32.1. The first kappa shape index (κ1) is 21.5. The zero-order chi connectivity index (χ0) is 21.3. The third-order valence-corrected chi connectivity index (χ3v) is 5.31. The highest BCUT2D eigenvalue weighted by Gasteiger charge is 2.06. The van der Waals surface area contributed by atoms with Gasteiger partial charge in [-0.1, -0.05) is 24.3 Å². The van der Waals surface area contributed by atoms with Gasteiger partial charge in [0.25, 0.3) is 0 Å². The number of carbonyl (C=O) groups is 1. The standard InChI is InChI=1S/C23H26N4O2S/c1-16(25-17(2)28)4-5-18-6-10-20(11-7-18)22-15-30-23(26-22)27-24-14-19-8-12-21(29-3)13-9-19/h6-16H,4-5H2,1-3H3,(H,25,28)(H,26,27)/b24-14-/t16-/m0/s1. The molecule has 7 heteroatoms. The van der Waals surface area contributed by atoms with E-state index in [0.717, 1.165) is 40.5 Å². The maximum Gasteiger partial charge on any atom is 0.217 e. The molecule has 6 nitrogen and oxygen atoms in total. The Morgan fingerprint density at radius 1 is 1.20 bits per heavy atom. The highest BCUT2D eigenvalue weighted by Crippen LogP contribution is 2.25. The van der Waals surface area contributed by atoms with Crippen molar-refractivity contribution in [3.05, 3.63) is 65.0 Å². The second-order valence-corrected chi connectivity index (χ2v) is 7.88. The van der Waals surface area contributed by atoms with E-state index >= 15 is 0 Å². The first-order valence-electron chi connectivity index (χ1n) is 9.78. The van der Waals surface area contributed by atoms with Crippen LogP contribution in [0.25, 0.3) is 11.3 Å². The van der Waals surface area contributed by atoms with Gasteiger partial charge in [0.1, 0.15) is 5.75 Å². The first-order chi connectivity index (χ1) is 14.5. The van der Waals surface area contributed by atoms with E-state index in [0.29, 0.717) is 0 Å². The van der Waals surface area contributed by atoms with E-state index < -0.39 is 0 Å². The Labute approximate surface area is 181 Å². The summed E-state index contributed by atoms with van der Waals surface area (Å²) in [7, 11) is 1.65. The zero-order valence-corrected chi connectivity index (χ0v) is 18.2. The molecule has 3 rings (SSSR count). The van der Waals surface area contributed by atoms with E-state index in [1.807, 2.05) is 36.6 Å². The number of hydrogen-bond acceptors (Lipinski definition) is 6. The highest BCUT2D eigenvalue weighted by molar-refractivity contribution is 7.14. The lowest BCUT2D eigenvalue weighted by Crippen LogP contribution is -2.30. The van der Waals surface area contributed by atoms with Crippen LogP contribution in [0, 0.1) is 0 Å². The lowest BCUT2D eigenvalue weighted by atomic mass is 10.0. The molecule has 2 N–H and O–H groups in total. The van der Waals surface area contributed by atoms with Crippen molar-refractivity contribution in [2.75, 3.05) is 12.5 Å². The summed E-state index contributed by atoms with van der Waals surface area (Å²) in [6.07, 6.45) is 3.58. The number of rotatable bonds is 9. The third-order valence-electron chi connectivity index (χ3n) is 4.56. The van der Waals surface area contributed by atoms with Gasteiger partial charge in [-0.05, 0) is 55.2 Å². The summed E-state index contributed by atoms with van der Waals surface area (Å²) >= 11 is 1.51. The fourth-order valence-electron chi connectivity index (χ4n) is 2.95. The van der Waals surface area contributed by atoms with Crippen LogP contribution in [0.15, 0.2) is 59.0 Å². The lowest BCUT2D eigenvalue weighted by molar-refractivity contribution is -0.119. The number of anilines is 1. The van der Waals surface area contributed by atoms with Gasteiger partial charge < -0.3 is 10.1 Å². The predicted molar refractivity (Wildman–Crippen MR) is 123 cm³/mol. The monoisotopic (exact) mass is 422 g/mol. The van der Waals surface area contributed by atoms with Crippen molar-refractivity contribution >= 4 is 28.6 Å². The molecule has 0 bridgehead atoms. The Kier molecular flexibility index (Phi) is 7.57. The number of methoxy groups -OCH3 is 1. The number of aryl methyl sites for hydroxylation is 1. The van der Waals surface area contributed by atoms with Crippen LogP contribution >= 0.6 is 11.3 Å². The molecule has 156 valence electrons. The minimum absolute atomic E-state index is 0.0131. The summed E-state index contributed by atoms with van der Waals surface area (Å²) < 4.78 is 5.15. The number of carbonyl (C=O) groups excluding carboxylic acids is 1. The minimum Gasteiger partial charge on any atom is -0.497 e. The van der Waals surface area contributed by atoms with Gasteiger partial charge in [-0.2, -0.15) is 5.10 Å². The molecule has 1 aromatic heterocycles. The molecule has 0 saturated heterocycles. The van der Waals surface area contributed by atoms with Crippen LogP contribution in [0.1, 0.15) is 31.4 Å². The van der Waals surface area contributed by atoms with E-state index in [1.54, 1.807) is 20.2 Å². The second kappa shape index (κ2) is 10.5. The zero-order valence-electron chi connectivity index (χ0n) is 17.4. The van der Waals surface area contributed by atoms with Crippen LogP contribution in [0.2, 0.25) is 0 Å². The van der Waals surface area contributed by atoms with Crippen LogP contribution in [-0.2, 0) is 11.2 Å². The maximum atomic E-state index is 11.1. The quantitative estimate of drug-likeness (QED) is 0.386. The van der Waals surface area contributed by atoms with Gasteiger partial charge in [0, 0.05) is 23.9 Å². The molecule has 3 aromatic rings. The van der Waals surface area contributed by atoms with Crippen molar-refractivity contribution < 1.29 is 9.53 Å². The van der Waals surface area contributed by atoms with Crippen molar-refractivity contribution in [1.82, 2.24) is 10.3 Å². The minimum atomic E-state index is 0.0131. The summed E-state index contributed by atoms with van der Waals surface area (Å²) in [5, 5.41) is 9.92. The smallest absolute Gasteiger partial charge is 0.217 e.